The van der Waals surface area contributed by atoms with Crippen molar-refractivity contribution >= 4 is 11.9 Å². The lowest BCUT2D eigenvalue weighted by molar-refractivity contribution is -0.196. The standard InChI is InChI=1S/C8H10F3NO4/c1-4-2-12(7(15)8(9,10)11)3-5(16-4)6(13)14/h4-5H,2-3H2,1H3,(H,13,14)/t4-,5+/m1/s1. The van der Waals surface area contributed by atoms with Crippen molar-refractivity contribution in [1.29, 1.82) is 0 Å². The molecule has 92 valence electrons. The first-order valence-corrected chi connectivity index (χ1v) is 4.46. The maximum absolute atomic E-state index is 12.1. The summed E-state index contributed by atoms with van der Waals surface area (Å²) < 4.78 is 41.2. The molecule has 0 radical (unpaired) electrons. The minimum atomic E-state index is -4.99. The number of hydrogen-bond acceptors (Lipinski definition) is 3. The molecule has 1 amide bonds. The van der Waals surface area contributed by atoms with Gasteiger partial charge in [-0.3, -0.25) is 4.79 Å². The second-order valence-corrected chi connectivity index (χ2v) is 3.48. The van der Waals surface area contributed by atoms with Crippen molar-refractivity contribution in [2.45, 2.75) is 25.3 Å². The fourth-order valence-corrected chi connectivity index (χ4v) is 1.43. The highest BCUT2D eigenvalue weighted by Gasteiger charge is 2.45. The lowest BCUT2D eigenvalue weighted by Crippen LogP contribution is -2.54. The molecule has 1 fully saturated rings. The van der Waals surface area contributed by atoms with Crippen LogP contribution in [0.2, 0.25) is 0 Å². The third-order valence-corrected chi connectivity index (χ3v) is 2.07. The van der Waals surface area contributed by atoms with Crippen LogP contribution in [-0.4, -0.2) is 53.4 Å². The number of carboxylic acid groups (broad SMARTS) is 1. The van der Waals surface area contributed by atoms with Crippen LogP contribution >= 0.6 is 0 Å². The number of carboxylic acids is 1. The van der Waals surface area contributed by atoms with Gasteiger partial charge in [0, 0.05) is 6.54 Å². The second kappa shape index (κ2) is 4.28. The van der Waals surface area contributed by atoms with Gasteiger partial charge in [-0.25, -0.2) is 4.79 Å². The average molecular weight is 241 g/mol. The van der Waals surface area contributed by atoms with E-state index in [1.54, 1.807) is 0 Å². The number of amides is 1. The van der Waals surface area contributed by atoms with Crippen LogP contribution in [0.25, 0.3) is 0 Å². The van der Waals surface area contributed by atoms with Gasteiger partial charge in [0.25, 0.3) is 0 Å². The first-order valence-electron chi connectivity index (χ1n) is 4.46. The Morgan fingerprint density at radius 3 is 2.38 bits per heavy atom. The quantitative estimate of drug-likeness (QED) is 0.714. The average Bonchev–Trinajstić information content (AvgIpc) is 2.14. The van der Waals surface area contributed by atoms with Crippen molar-refractivity contribution in [3.63, 3.8) is 0 Å². The third kappa shape index (κ3) is 2.84. The molecule has 1 heterocycles. The van der Waals surface area contributed by atoms with Gasteiger partial charge in [-0.2, -0.15) is 13.2 Å². The summed E-state index contributed by atoms with van der Waals surface area (Å²) in [5, 5.41) is 8.61. The Morgan fingerprint density at radius 2 is 1.94 bits per heavy atom. The van der Waals surface area contributed by atoms with Gasteiger partial charge in [-0.15, -0.1) is 0 Å². The summed E-state index contributed by atoms with van der Waals surface area (Å²) in [6.07, 6.45) is -7.13. The van der Waals surface area contributed by atoms with Gasteiger partial charge in [0.15, 0.2) is 6.10 Å². The summed E-state index contributed by atoms with van der Waals surface area (Å²) in [5.41, 5.74) is 0. The van der Waals surface area contributed by atoms with Crippen LogP contribution in [0.15, 0.2) is 0 Å². The molecule has 16 heavy (non-hydrogen) atoms. The van der Waals surface area contributed by atoms with Crippen molar-refractivity contribution < 1.29 is 32.6 Å². The minimum Gasteiger partial charge on any atom is -0.479 e. The highest BCUT2D eigenvalue weighted by atomic mass is 19.4. The molecule has 1 rings (SSSR count). The first kappa shape index (κ1) is 12.8. The molecule has 5 nitrogen and oxygen atoms in total. The van der Waals surface area contributed by atoms with E-state index in [0.717, 1.165) is 0 Å². The number of rotatable bonds is 1. The maximum atomic E-state index is 12.1. The molecule has 0 saturated carbocycles. The summed E-state index contributed by atoms with van der Waals surface area (Å²) in [7, 11) is 0. The number of ether oxygens (including phenoxy) is 1. The Hall–Kier alpha value is -1.31. The van der Waals surface area contributed by atoms with E-state index in [1.807, 2.05) is 0 Å². The number of carbonyl (C=O) groups excluding carboxylic acids is 1. The molecule has 2 atom stereocenters. The summed E-state index contributed by atoms with van der Waals surface area (Å²) in [4.78, 5) is 21.9. The van der Waals surface area contributed by atoms with Gasteiger partial charge in [-0.1, -0.05) is 0 Å². The van der Waals surface area contributed by atoms with Crippen LogP contribution in [0.1, 0.15) is 6.92 Å². The number of aliphatic carboxylic acids is 1. The summed E-state index contributed by atoms with van der Waals surface area (Å²) in [5.74, 6) is -3.42. The van der Waals surface area contributed by atoms with Gasteiger partial charge < -0.3 is 14.7 Å². The molecule has 0 unspecified atom stereocenters. The van der Waals surface area contributed by atoms with Gasteiger partial charge in [-0.05, 0) is 6.92 Å². The van der Waals surface area contributed by atoms with E-state index in [0.29, 0.717) is 4.90 Å². The minimum absolute atomic E-state index is 0.262. The lowest BCUT2D eigenvalue weighted by Gasteiger charge is -2.35. The van der Waals surface area contributed by atoms with E-state index in [-0.39, 0.29) is 6.54 Å². The van der Waals surface area contributed by atoms with E-state index >= 15 is 0 Å². The van der Waals surface area contributed by atoms with E-state index in [1.165, 1.54) is 6.92 Å². The number of carbonyl (C=O) groups is 2. The zero-order valence-electron chi connectivity index (χ0n) is 8.32. The van der Waals surface area contributed by atoms with E-state index in [2.05, 4.69) is 0 Å². The van der Waals surface area contributed by atoms with Crippen LogP contribution in [0.4, 0.5) is 13.2 Å². The molecule has 1 N–H and O–H groups in total. The van der Waals surface area contributed by atoms with Crippen LogP contribution < -0.4 is 0 Å². The Morgan fingerprint density at radius 1 is 1.38 bits per heavy atom. The number of nitrogens with zero attached hydrogens (tertiary/aromatic N) is 1. The third-order valence-electron chi connectivity index (χ3n) is 2.07. The normalized spacial score (nSPS) is 26.6. The number of alkyl halides is 3. The molecule has 0 aromatic rings. The summed E-state index contributed by atoms with van der Waals surface area (Å²) in [6.45, 7) is 0.561. The Kier molecular flexibility index (Phi) is 3.41. The monoisotopic (exact) mass is 241 g/mol. The van der Waals surface area contributed by atoms with Crippen molar-refractivity contribution in [3.8, 4) is 0 Å². The van der Waals surface area contributed by atoms with Crippen LogP contribution in [0.3, 0.4) is 0 Å². The Bertz CT molecular complexity index is 304. The van der Waals surface area contributed by atoms with Crippen molar-refractivity contribution in [3.05, 3.63) is 0 Å². The molecule has 0 aromatic carbocycles. The SMILES string of the molecule is C[C@@H]1CN(C(=O)C(F)(F)F)C[C@@H](C(=O)O)O1. The molecule has 1 aliphatic rings. The molecule has 0 spiro atoms. The zero-order valence-corrected chi connectivity index (χ0v) is 8.32. The largest absolute Gasteiger partial charge is 0.479 e. The van der Waals surface area contributed by atoms with E-state index in [9.17, 15) is 22.8 Å². The van der Waals surface area contributed by atoms with Gasteiger partial charge >= 0.3 is 18.1 Å². The molecule has 1 aliphatic heterocycles. The second-order valence-electron chi connectivity index (χ2n) is 3.48. The molecule has 0 aromatic heterocycles. The predicted octanol–water partition coefficient (Wildman–Crippen LogP) is 0.249. The molecule has 0 bridgehead atoms. The Balaban J connectivity index is 2.75. The highest BCUT2D eigenvalue weighted by molar-refractivity contribution is 5.83. The highest BCUT2D eigenvalue weighted by Crippen LogP contribution is 2.21. The zero-order chi connectivity index (χ0) is 12.5. The number of morpholine rings is 1. The van der Waals surface area contributed by atoms with Crippen LogP contribution in [0.5, 0.6) is 0 Å². The number of hydrogen-bond donors (Lipinski definition) is 1. The van der Waals surface area contributed by atoms with Gasteiger partial charge in [0.05, 0.1) is 12.6 Å². The van der Waals surface area contributed by atoms with Crippen molar-refractivity contribution in [2.75, 3.05) is 13.1 Å². The maximum Gasteiger partial charge on any atom is 0.471 e. The fraction of sp³-hybridized carbons (Fsp3) is 0.750. The van der Waals surface area contributed by atoms with Gasteiger partial charge in [0.1, 0.15) is 0 Å². The molecular weight excluding hydrogens is 231 g/mol. The topological polar surface area (TPSA) is 66.8 Å². The first-order chi connectivity index (χ1) is 7.21. The molecule has 8 heteroatoms. The molecule has 0 aliphatic carbocycles. The summed E-state index contributed by atoms with van der Waals surface area (Å²) in [6, 6.07) is 0. The van der Waals surface area contributed by atoms with E-state index in [4.69, 9.17) is 9.84 Å². The molecular formula is C8H10F3NO4. The summed E-state index contributed by atoms with van der Waals surface area (Å²) >= 11 is 0. The lowest BCUT2D eigenvalue weighted by atomic mass is 10.2. The van der Waals surface area contributed by atoms with Crippen LogP contribution in [0, 0.1) is 0 Å². The smallest absolute Gasteiger partial charge is 0.471 e. The Labute approximate surface area is 88.8 Å². The van der Waals surface area contributed by atoms with Gasteiger partial charge in [0.2, 0.25) is 0 Å². The van der Waals surface area contributed by atoms with Crippen molar-refractivity contribution in [2.24, 2.45) is 0 Å². The van der Waals surface area contributed by atoms with Crippen molar-refractivity contribution in [1.82, 2.24) is 4.90 Å². The van der Waals surface area contributed by atoms with E-state index < -0.39 is 36.8 Å². The number of halogens is 3. The fourth-order valence-electron chi connectivity index (χ4n) is 1.43. The molecule has 1 saturated heterocycles. The van der Waals surface area contributed by atoms with Crippen LogP contribution in [-0.2, 0) is 14.3 Å². The predicted molar refractivity (Wildman–Crippen MR) is 44.6 cm³/mol.